The molecule has 0 amide bonds. The van der Waals surface area contributed by atoms with E-state index in [0.29, 0.717) is 6.54 Å². The summed E-state index contributed by atoms with van der Waals surface area (Å²) in [6.45, 7) is 4.42. The van der Waals surface area contributed by atoms with Crippen molar-refractivity contribution in [2.45, 2.75) is 38.9 Å². The fourth-order valence-corrected chi connectivity index (χ4v) is 2.70. The van der Waals surface area contributed by atoms with Crippen LogP contribution < -0.4 is 5.73 Å². The smallest absolute Gasteiger partial charge is 0.323 e. The van der Waals surface area contributed by atoms with Crippen LogP contribution in [0.2, 0.25) is 0 Å². The normalized spacial score (nSPS) is 19.6. The van der Waals surface area contributed by atoms with Crippen molar-refractivity contribution in [1.29, 1.82) is 0 Å². The van der Waals surface area contributed by atoms with E-state index in [1.54, 1.807) is 0 Å². The molecule has 104 valence electrons. The lowest BCUT2D eigenvalue weighted by atomic mass is 10.0. The molecule has 0 radical (unpaired) electrons. The zero-order valence-electron chi connectivity index (χ0n) is 11.7. The second-order valence-electron chi connectivity index (χ2n) is 5.12. The molecule has 1 atom stereocenters. The van der Waals surface area contributed by atoms with E-state index in [9.17, 15) is 4.79 Å². The molecule has 1 aliphatic rings. The van der Waals surface area contributed by atoms with Crippen LogP contribution in [0.4, 0.5) is 0 Å². The Hall–Kier alpha value is -1.39. The van der Waals surface area contributed by atoms with E-state index in [2.05, 4.69) is 30.0 Å². The summed E-state index contributed by atoms with van der Waals surface area (Å²) >= 11 is 0. The van der Waals surface area contributed by atoms with Gasteiger partial charge in [0.1, 0.15) is 6.04 Å². The van der Waals surface area contributed by atoms with E-state index >= 15 is 0 Å². The van der Waals surface area contributed by atoms with Crippen molar-refractivity contribution in [3.8, 4) is 0 Å². The van der Waals surface area contributed by atoms with Gasteiger partial charge in [-0.05, 0) is 43.0 Å². The van der Waals surface area contributed by atoms with Gasteiger partial charge in [-0.25, -0.2) is 0 Å². The summed E-state index contributed by atoms with van der Waals surface area (Å²) in [5.41, 5.74) is 9.28. The van der Waals surface area contributed by atoms with Crippen LogP contribution >= 0.6 is 0 Å². The molecule has 4 heteroatoms. The molecule has 4 nitrogen and oxygen atoms in total. The molecule has 2 rings (SSSR count). The van der Waals surface area contributed by atoms with Crippen molar-refractivity contribution in [1.82, 2.24) is 4.90 Å². The second kappa shape index (κ2) is 6.17. The maximum Gasteiger partial charge on any atom is 0.323 e. The number of carbonyl (C=O) groups is 1. The summed E-state index contributed by atoms with van der Waals surface area (Å²) in [6, 6.07) is 6.22. The Bertz CT molecular complexity index is 459. The average molecular weight is 262 g/mol. The molecule has 1 fully saturated rings. The monoisotopic (exact) mass is 262 g/mol. The average Bonchev–Trinajstić information content (AvgIpc) is 2.88. The molecule has 0 bridgehead atoms. The summed E-state index contributed by atoms with van der Waals surface area (Å²) in [4.78, 5) is 13.9. The van der Waals surface area contributed by atoms with E-state index in [1.807, 2.05) is 0 Å². The Balaban J connectivity index is 2.10. The first kappa shape index (κ1) is 14.0. The molecule has 1 heterocycles. The third-order valence-corrected chi connectivity index (χ3v) is 3.85. The van der Waals surface area contributed by atoms with Crippen molar-refractivity contribution in [3.63, 3.8) is 0 Å². The SMILES string of the molecule is COC(=O)C1CCCN1Cc1ccc(CN)cc1C. The Morgan fingerprint density at radius 1 is 1.53 bits per heavy atom. The number of carbonyl (C=O) groups excluding carboxylic acids is 1. The number of methoxy groups -OCH3 is 1. The molecule has 0 aromatic heterocycles. The van der Waals surface area contributed by atoms with Gasteiger partial charge in [0.2, 0.25) is 0 Å². The van der Waals surface area contributed by atoms with Crippen LogP contribution in [0.5, 0.6) is 0 Å². The minimum absolute atomic E-state index is 0.0846. The summed E-state index contributed by atoms with van der Waals surface area (Å²) in [5.74, 6) is -0.117. The highest BCUT2D eigenvalue weighted by Gasteiger charge is 2.31. The summed E-state index contributed by atoms with van der Waals surface area (Å²) in [6.07, 6.45) is 1.95. The molecule has 0 aliphatic carbocycles. The Morgan fingerprint density at radius 3 is 2.95 bits per heavy atom. The van der Waals surface area contributed by atoms with Gasteiger partial charge in [-0.15, -0.1) is 0 Å². The predicted octanol–water partition coefficient (Wildman–Crippen LogP) is 1.59. The van der Waals surface area contributed by atoms with Crippen molar-refractivity contribution in [3.05, 3.63) is 34.9 Å². The van der Waals surface area contributed by atoms with Crippen LogP contribution in [0, 0.1) is 6.92 Å². The third kappa shape index (κ3) is 3.14. The number of esters is 1. The molecule has 1 saturated heterocycles. The molecule has 0 saturated carbocycles. The molecular formula is C15H22N2O2. The summed E-state index contributed by atoms with van der Waals surface area (Å²) < 4.78 is 4.87. The maximum absolute atomic E-state index is 11.7. The molecule has 1 aromatic carbocycles. The standard InChI is InChI=1S/C15H22N2O2/c1-11-8-12(9-16)5-6-13(11)10-17-7-3-4-14(17)15(18)19-2/h5-6,8,14H,3-4,7,9-10,16H2,1-2H3. The fourth-order valence-electron chi connectivity index (χ4n) is 2.70. The highest BCUT2D eigenvalue weighted by atomic mass is 16.5. The number of benzene rings is 1. The number of aryl methyl sites for hydroxylation is 1. The number of hydrogen-bond acceptors (Lipinski definition) is 4. The Labute approximate surface area is 114 Å². The molecule has 1 aromatic rings. The third-order valence-electron chi connectivity index (χ3n) is 3.85. The van der Waals surface area contributed by atoms with E-state index in [-0.39, 0.29) is 12.0 Å². The molecule has 2 N–H and O–H groups in total. The zero-order valence-corrected chi connectivity index (χ0v) is 11.7. The lowest BCUT2D eigenvalue weighted by Crippen LogP contribution is -2.36. The first-order valence-corrected chi connectivity index (χ1v) is 6.76. The van der Waals surface area contributed by atoms with Crippen LogP contribution in [0.3, 0.4) is 0 Å². The van der Waals surface area contributed by atoms with Gasteiger partial charge in [0.25, 0.3) is 0 Å². The van der Waals surface area contributed by atoms with E-state index in [1.165, 1.54) is 18.2 Å². The Morgan fingerprint density at radius 2 is 2.32 bits per heavy atom. The van der Waals surface area contributed by atoms with Crippen LogP contribution in [0.1, 0.15) is 29.5 Å². The predicted molar refractivity (Wildman–Crippen MR) is 74.5 cm³/mol. The van der Waals surface area contributed by atoms with Gasteiger partial charge in [0, 0.05) is 13.1 Å². The number of nitrogens with two attached hydrogens (primary N) is 1. The molecule has 0 spiro atoms. The van der Waals surface area contributed by atoms with Crippen molar-refractivity contribution >= 4 is 5.97 Å². The second-order valence-corrected chi connectivity index (χ2v) is 5.12. The first-order valence-electron chi connectivity index (χ1n) is 6.76. The topological polar surface area (TPSA) is 55.6 Å². The van der Waals surface area contributed by atoms with Crippen LogP contribution in [-0.4, -0.2) is 30.6 Å². The summed E-state index contributed by atoms with van der Waals surface area (Å²) in [5, 5.41) is 0. The van der Waals surface area contributed by atoms with Gasteiger partial charge in [-0.1, -0.05) is 18.2 Å². The van der Waals surface area contributed by atoms with Gasteiger partial charge in [-0.2, -0.15) is 0 Å². The number of ether oxygens (including phenoxy) is 1. The highest BCUT2D eigenvalue weighted by Crippen LogP contribution is 2.22. The van der Waals surface area contributed by atoms with Crippen molar-refractivity contribution in [2.75, 3.05) is 13.7 Å². The molecule has 19 heavy (non-hydrogen) atoms. The molecule has 1 unspecified atom stereocenters. The van der Waals surface area contributed by atoms with Gasteiger partial charge in [0.05, 0.1) is 7.11 Å². The first-order chi connectivity index (χ1) is 9.15. The zero-order chi connectivity index (χ0) is 13.8. The number of hydrogen-bond donors (Lipinski definition) is 1. The largest absolute Gasteiger partial charge is 0.468 e. The molecular weight excluding hydrogens is 240 g/mol. The highest BCUT2D eigenvalue weighted by molar-refractivity contribution is 5.76. The lowest BCUT2D eigenvalue weighted by molar-refractivity contribution is -0.146. The lowest BCUT2D eigenvalue weighted by Gasteiger charge is -2.23. The van der Waals surface area contributed by atoms with E-state index < -0.39 is 0 Å². The quantitative estimate of drug-likeness (QED) is 0.837. The minimum atomic E-state index is -0.117. The Kier molecular flexibility index (Phi) is 4.56. The van der Waals surface area contributed by atoms with E-state index in [0.717, 1.165) is 31.5 Å². The van der Waals surface area contributed by atoms with E-state index in [4.69, 9.17) is 10.5 Å². The maximum atomic E-state index is 11.7. The number of nitrogens with zero attached hydrogens (tertiary/aromatic N) is 1. The minimum Gasteiger partial charge on any atom is -0.468 e. The number of rotatable bonds is 4. The van der Waals surface area contributed by atoms with Gasteiger partial charge < -0.3 is 10.5 Å². The summed E-state index contributed by atoms with van der Waals surface area (Å²) in [7, 11) is 1.46. The van der Waals surface area contributed by atoms with Crippen molar-refractivity contribution in [2.24, 2.45) is 5.73 Å². The van der Waals surface area contributed by atoms with Crippen molar-refractivity contribution < 1.29 is 9.53 Å². The van der Waals surface area contributed by atoms with Crippen LogP contribution in [-0.2, 0) is 22.6 Å². The van der Waals surface area contributed by atoms with Crippen LogP contribution in [0.25, 0.3) is 0 Å². The fraction of sp³-hybridized carbons (Fsp3) is 0.533. The van der Waals surface area contributed by atoms with Gasteiger partial charge in [0.15, 0.2) is 0 Å². The number of likely N-dealkylation sites (tertiary alicyclic amines) is 1. The van der Waals surface area contributed by atoms with Crippen LogP contribution in [0.15, 0.2) is 18.2 Å². The van der Waals surface area contributed by atoms with Gasteiger partial charge in [-0.3, -0.25) is 9.69 Å². The molecule has 1 aliphatic heterocycles. The van der Waals surface area contributed by atoms with Gasteiger partial charge >= 0.3 is 5.97 Å².